The number of methoxy groups -OCH3 is 2. The summed E-state index contributed by atoms with van der Waals surface area (Å²) >= 11 is 1.46. The molecule has 1 aromatic heterocycles. The SMILES string of the molecule is COc1ccc(Cc2csc(N3CCC(S(=O)(=O)c4ccccc4C(F)(F)F)CC3)n2)c(OC)c1. The minimum Gasteiger partial charge on any atom is -0.497 e. The molecule has 0 radical (unpaired) electrons. The molecule has 0 amide bonds. The van der Waals surface area contributed by atoms with Crippen molar-refractivity contribution < 1.29 is 31.1 Å². The third-order valence-corrected chi connectivity index (χ3v) is 9.32. The number of sulfone groups is 1. The molecule has 4 rings (SSSR count). The van der Waals surface area contributed by atoms with Gasteiger partial charge >= 0.3 is 6.18 Å². The zero-order valence-electron chi connectivity index (χ0n) is 19.2. The van der Waals surface area contributed by atoms with E-state index < -0.39 is 31.7 Å². The zero-order chi connectivity index (χ0) is 25.2. The highest BCUT2D eigenvalue weighted by Crippen LogP contribution is 2.37. The molecule has 0 bridgehead atoms. The Kier molecular flexibility index (Phi) is 7.27. The van der Waals surface area contributed by atoms with Gasteiger partial charge in [-0.2, -0.15) is 13.2 Å². The third kappa shape index (κ3) is 5.40. The van der Waals surface area contributed by atoms with Gasteiger partial charge in [-0.15, -0.1) is 11.3 Å². The van der Waals surface area contributed by atoms with E-state index in [9.17, 15) is 21.6 Å². The van der Waals surface area contributed by atoms with Gasteiger partial charge in [0.25, 0.3) is 0 Å². The molecule has 1 saturated heterocycles. The Bertz CT molecular complexity index is 1280. The second-order valence-electron chi connectivity index (χ2n) is 8.20. The molecule has 35 heavy (non-hydrogen) atoms. The van der Waals surface area contributed by atoms with Crippen LogP contribution in [0.15, 0.2) is 52.7 Å². The number of anilines is 1. The molecule has 3 aromatic rings. The monoisotopic (exact) mass is 526 g/mol. The van der Waals surface area contributed by atoms with E-state index in [1.54, 1.807) is 14.2 Å². The van der Waals surface area contributed by atoms with Crippen LogP contribution in [-0.2, 0) is 22.4 Å². The van der Waals surface area contributed by atoms with Gasteiger partial charge in [-0.05, 0) is 31.0 Å². The lowest BCUT2D eigenvalue weighted by Crippen LogP contribution is -2.39. The van der Waals surface area contributed by atoms with Crippen LogP contribution in [0.4, 0.5) is 18.3 Å². The maximum Gasteiger partial charge on any atom is 0.417 e. The fraction of sp³-hybridized carbons (Fsp3) is 0.375. The largest absolute Gasteiger partial charge is 0.497 e. The Labute approximate surface area is 206 Å². The fourth-order valence-electron chi connectivity index (χ4n) is 4.20. The van der Waals surface area contributed by atoms with E-state index in [-0.39, 0.29) is 12.8 Å². The highest BCUT2D eigenvalue weighted by atomic mass is 32.2. The number of thiazole rings is 1. The summed E-state index contributed by atoms with van der Waals surface area (Å²) in [6, 6.07) is 9.98. The number of benzene rings is 2. The van der Waals surface area contributed by atoms with Crippen LogP contribution in [0, 0.1) is 0 Å². The minimum absolute atomic E-state index is 0.232. The normalized spacial score (nSPS) is 15.3. The van der Waals surface area contributed by atoms with Crippen LogP contribution in [0.2, 0.25) is 0 Å². The van der Waals surface area contributed by atoms with Gasteiger partial charge < -0.3 is 14.4 Å². The fourth-order valence-corrected chi connectivity index (χ4v) is 7.03. The summed E-state index contributed by atoms with van der Waals surface area (Å²) in [4.78, 5) is 6.04. The molecule has 0 saturated carbocycles. The van der Waals surface area contributed by atoms with Gasteiger partial charge in [0, 0.05) is 36.5 Å². The second kappa shape index (κ2) is 10.1. The van der Waals surface area contributed by atoms with E-state index in [1.165, 1.54) is 23.5 Å². The van der Waals surface area contributed by atoms with E-state index >= 15 is 0 Å². The summed E-state index contributed by atoms with van der Waals surface area (Å²) in [6.45, 7) is 0.799. The number of aromatic nitrogens is 1. The lowest BCUT2D eigenvalue weighted by atomic mass is 10.1. The van der Waals surface area contributed by atoms with Gasteiger partial charge in [-0.25, -0.2) is 13.4 Å². The lowest BCUT2D eigenvalue weighted by molar-refractivity contribution is -0.139. The maximum absolute atomic E-state index is 13.4. The van der Waals surface area contributed by atoms with Crippen LogP contribution < -0.4 is 14.4 Å². The summed E-state index contributed by atoms with van der Waals surface area (Å²) in [6.07, 6.45) is -3.71. The third-order valence-electron chi connectivity index (χ3n) is 6.06. The summed E-state index contributed by atoms with van der Waals surface area (Å²) in [5.74, 6) is 1.39. The number of ether oxygens (including phenoxy) is 2. The first-order valence-corrected chi connectivity index (χ1v) is 13.4. The molecule has 0 aliphatic carbocycles. The van der Waals surface area contributed by atoms with Crippen LogP contribution in [0.25, 0.3) is 0 Å². The molecule has 0 unspecified atom stereocenters. The first kappa shape index (κ1) is 25.3. The van der Waals surface area contributed by atoms with E-state index in [0.717, 1.165) is 28.5 Å². The predicted octanol–water partition coefficient (Wildman–Crippen LogP) is 5.21. The Morgan fingerprint density at radius 1 is 1.09 bits per heavy atom. The quantitative estimate of drug-likeness (QED) is 0.421. The molecule has 1 aliphatic rings. The topological polar surface area (TPSA) is 68.7 Å². The van der Waals surface area contributed by atoms with Crippen molar-refractivity contribution in [3.05, 3.63) is 64.7 Å². The lowest BCUT2D eigenvalue weighted by Gasteiger charge is -2.31. The smallest absolute Gasteiger partial charge is 0.417 e. The van der Waals surface area contributed by atoms with Crippen molar-refractivity contribution in [2.24, 2.45) is 0 Å². The molecule has 1 fully saturated rings. The average molecular weight is 527 g/mol. The highest BCUT2D eigenvalue weighted by molar-refractivity contribution is 7.92. The Hall–Kier alpha value is -2.79. The van der Waals surface area contributed by atoms with Crippen LogP contribution in [0.5, 0.6) is 11.5 Å². The van der Waals surface area contributed by atoms with Gasteiger partial charge in [0.15, 0.2) is 15.0 Å². The maximum atomic E-state index is 13.4. The molecule has 6 nitrogen and oxygen atoms in total. The van der Waals surface area contributed by atoms with Crippen molar-refractivity contribution in [3.8, 4) is 11.5 Å². The number of hydrogen-bond donors (Lipinski definition) is 0. The van der Waals surface area contributed by atoms with Gasteiger partial charge in [0.1, 0.15) is 11.5 Å². The zero-order valence-corrected chi connectivity index (χ0v) is 20.8. The van der Waals surface area contributed by atoms with Gasteiger partial charge in [0.2, 0.25) is 0 Å². The number of nitrogens with zero attached hydrogens (tertiary/aromatic N) is 2. The van der Waals surface area contributed by atoms with Gasteiger partial charge in [-0.3, -0.25) is 0 Å². The molecule has 188 valence electrons. The molecule has 0 atom stereocenters. The number of halogens is 3. The van der Waals surface area contributed by atoms with Crippen LogP contribution in [0.3, 0.4) is 0 Å². The molecule has 0 spiro atoms. The summed E-state index contributed by atoms with van der Waals surface area (Å²) in [5.41, 5.74) is 0.696. The summed E-state index contributed by atoms with van der Waals surface area (Å²) < 4.78 is 76.9. The molecule has 1 aliphatic heterocycles. The van der Waals surface area contributed by atoms with Gasteiger partial charge in [0.05, 0.1) is 35.6 Å². The molecular formula is C24H25F3N2O4S2. The van der Waals surface area contributed by atoms with Crippen molar-refractivity contribution in [3.63, 3.8) is 0 Å². The molecule has 2 aromatic carbocycles. The molecule has 11 heteroatoms. The standard InChI is InChI=1S/C24H25F3N2O4S2/c1-32-18-8-7-16(21(14-18)33-2)13-17-15-34-23(28-17)29-11-9-19(10-12-29)35(30,31)22-6-4-3-5-20(22)24(25,26)27/h3-8,14-15,19H,9-13H2,1-2H3. The highest BCUT2D eigenvalue weighted by Gasteiger charge is 2.40. The van der Waals surface area contributed by atoms with Crippen molar-refractivity contribution >= 4 is 26.3 Å². The number of piperidine rings is 1. The van der Waals surface area contributed by atoms with Crippen molar-refractivity contribution in [1.29, 1.82) is 0 Å². The van der Waals surface area contributed by atoms with Crippen molar-refractivity contribution in [2.45, 2.75) is 35.6 Å². The Morgan fingerprint density at radius 2 is 1.80 bits per heavy atom. The Morgan fingerprint density at radius 3 is 2.46 bits per heavy atom. The first-order valence-electron chi connectivity index (χ1n) is 10.9. The minimum atomic E-state index is -4.73. The average Bonchev–Trinajstić information content (AvgIpc) is 3.32. The van der Waals surface area contributed by atoms with Crippen LogP contribution in [0.1, 0.15) is 29.7 Å². The van der Waals surface area contributed by atoms with Crippen LogP contribution in [-0.4, -0.2) is 46.0 Å². The van der Waals surface area contributed by atoms with Crippen molar-refractivity contribution in [2.75, 3.05) is 32.2 Å². The molecule has 2 heterocycles. The van der Waals surface area contributed by atoms with E-state index in [0.29, 0.717) is 31.0 Å². The van der Waals surface area contributed by atoms with Crippen LogP contribution >= 0.6 is 11.3 Å². The summed E-state index contributed by atoms with van der Waals surface area (Å²) in [5, 5.41) is 1.84. The van der Waals surface area contributed by atoms with E-state index in [2.05, 4.69) is 0 Å². The second-order valence-corrected chi connectivity index (χ2v) is 11.2. The summed E-state index contributed by atoms with van der Waals surface area (Å²) in [7, 11) is -0.937. The van der Waals surface area contributed by atoms with Crippen molar-refractivity contribution in [1.82, 2.24) is 4.98 Å². The van der Waals surface area contributed by atoms with Gasteiger partial charge in [-0.1, -0.05) is 18.2 Å². The van der Waals surface area contributed by atoms with E-state index in [1.807, 2.05) is 28.5 Å². The number of alkyl halides is 3. The Balaban J connectivity index is 1.44. The first-order chi connectivity index (χ1) is 16.6. The predicted molar refractivity (Wildman–Crippen MR) is 128 cm³/mol. The molecule has 0 N–H and O–H groups in total. The number of rotatable bonds is 7. The number of hydrogen-bond acceptors (Lipinski definition) is 7. The molecular weight excluding hydrogens is 501 g/mol. The van der Waals surface area contributed by atoms with E-state index in [4.69, 9.17) is 14.5 Å².